The molecule has 2 rings (SSSR count). The fourth-order valence-electron chi connectivity index (χ4n) is 2.00. The van der Waals surface area contributed by atoms with Crippen LogP contribution in [0.15, 0.2) is 18.5 Å². The largest absolute Gasteiger partial charge is 0.394 e. The van der Waals surface area contributed by atoms with E-state index in [0.29, 0.717) is 6.54 Å². The Bertz CT molecular complexity index is 397. The fourth-order valence-corrected chi connectivity index (χ4v) is 2.00. The third kappa shape index (κ3) is 1.90. The predicted octanol–water partition coefficient (Wildman–Crippen LogP) is 0.818. The van der Waals surface area contributed by atoms with Gasteiger partial charge in [-0.1, -0.05) is 0 Å². The van der Waals surface area contributed by atoms with Crippen molar-refractivity contribution in [3.05, 3.63) is 29.8 Å². The molecule has 0 unspecified atom stereocenters. The number of aliphatic hydroxyl groups is 1. The molecule has 0 radical (unpaired) electrons. The molecule has 1 saturated heterocycles. The Hall–Kier alpha value is -1.49. The summed E-state index contributed by atoms with van der Waals surface area (Å²) in [5.41, 5.74) is 0.0235. The van der Waals surface area contributed by atoms with Crippen LogP contribution in [0.25, 0.3) is 0 Å². The first-order valence-corrected chi connectivity index (χ1v) is 5.25. The maximum atomic E-state index is 13.4. The van der Waals surface area contributed by atoms with Crippen molar-refractivity contribution in [1.29, 1.82) is 0 Å². The van der Waals surface area contributed by atoms with Gasteiger partial charge in [-0.2, -0.15) is 0 Å². The molecule has 0 aliphatic carbocycles. The lowest BCUT2D eigenvalue weighted by Gasteiger charge is -2.23. The molecular weight excluding hydrogens is 211 g/mol. The lowest BCUT2D eigenvalue weighted by atomic mass is 10.2. The Kier molecular flexibility index (Phi) is 3.14. The first-order chi connectivity index (χ1) is 7.74. The molecule has 1 aromatic heterocycles. The van der Waals surface area contributed by atoms with Gasteiger partial charge in [0.15, 0.2) is 5.82 Å². The number of amides is 1. The molecule has 16 heavy (non-hydrogen) atoms. The second-order valence-corrected chi connectivity index (χ2v) is 3.83. The normalized spacial score (nSPS) is 20.1. The van der Waals surface area contributed by atoms with Crippen LogP contribution in [0.2, 0.25) is 0 Å². The molecule has 1 aliphatic rings. The van der Waals surface area contributed by atoms with E-state index in [0.717, 1.165) is 19.0 Å². The Morgan fingerprint density at radius 3 is 3.19 bits per heavy atom. The summed E-state index contributed by atoms with van der Waals surface area (Å²) < 4.78 is 13.4. The zero-order valence-corrected chi connectivity index (χ0v) is 8.77. The van der Waals surface area contributed by atoms with Crippen molar-refractivity contribution in [2.45, 2.75) is 18.9 Å². The maximum Gasteiger partial charge on any atom is 0.257 e. The van der Waals surface area contributed by atoms with Crippen molar-refractivity contribution in [2.24, 2.45) is 0 Å². The van der Waals surface area contributed by atoms with E-state index in [1.807, 2.05) is 0 Å². The van der Waals surface area contributed by atoms with E-state index in [2.05, 4.69) is 4.98 Å². The molecule has 86 valence electrons. The number of aliphatic hydroxyl groups excluding tert-OH is 1. The summed E-state index contributed by atoms with van der Waals surface area (Å²) in [6.45, 7) is 0.504. The highest BCUT2D eigenvalue weighted by Crippen LogP contribution is 2.20. The Morgan fingerprint density at radius 2 is 2.50 bits per heavy atom. The van der Waals surface area contributed by atoms with Gasteiger partial charge in [-0.15, -0.1) is 0 Å². The van der Waals surface area contributed by atoms with Crippen LogP contribution in [0.1, 0.15) is 23.2 Å². The third-order valence-electron chi connectivity index (χ3n) is 2.85. The highest BCUT2D eigenvalue weighted by molar-refractivity contribution is 5.94. The molecule has 1 fully saturated rings. The zero-order chi connectivity index (χ0) is 11.5. The second-order valence-electron chi connectivity index (χ2n) is 3.83. The van der Waals surface area contributed by atoms with E-state index in [1.165, 1.54) is 17.2 Å². The van der Waals surface area contributed by atoms with Crippen LogP contribution < -0.4 is 0 Å². The van der Waals surface area contributed by atoms with Crippen LogP contribution in [0, 0.1) is 5.82 Å². The highest BCUT2D eigenvalue weighted by atomic mass is 19.1. The molecule has 1 amide bonds. The van der Waals surface area contributed by atoms with Crippen molar-refractivity contribution in [3.8, 4) is 0 Å². The zero-order valence-electron chi connectivity index (χ0n) is 8.77. The molecule has 1 aliphatic heterocycles. The van der Waals surface area contributed by atoms with Crippen molar-refractivity contribution in [2.75, 3.05) is 13.2 Å². The Morgan fingerprint density at radius 1 is 1.69 bits per heavy atom. The predicted molar refractivity (Wildman–Crippen MR) is 55.3 cm³/mol. The quantitative estimate of drug-likeness (QED) is 0.809. The Balaban J connectivity index is 2.22. The number of nitrogens with zero attached hydrogens (tertiary/aromatic N) is 2. The van der Waals surface area contributed by atoms with Crippen molar-refractivity contribution in [3.63, 3.8) is 0 Å². The van der Waals surface area contributed by atoms with Crippen LogP contribution in [-0.4, -0.2) is 40.1 Å². The summed E-state index contributed by atoms with van der Waals surface area (Å²) in [5.74, 6) is -0.979. The summed E-state index contributed by atoms with van der Waals surface area (Å²) in [6, 6.07) is 1.19. The molecule has 0 bridgehead atoms. The van der Waals surface area contributed by atoms with E-state index in [-0.39, 0.29) is 24.1 Å². The van der Waals surface area contributed by atoms with Crippen molar-refractivity contribution >= 4 is 5.91 Å². The average molecular weight is 224 g/mol. The van der Waals surface area contributed by atoms with Gasteiger partial charge in [0.1, 0.15) is 0 Å². The summed E-state index contributed by atoms with van der Waals surface area (Å²) in [5, 5.41) is 9.10. The van der Waals surface area contributed by atoms with E-state index in [1.54, 1.807) is 0 Å². The SMILES string of the molecule is O=C(c1ccncc1F)N1CCC[C@H]1CO. The van der Waals surface area contributed by atoms with Crippen LogP contribution in [0.3, 0.4) is 0 Å². The fraction of sp³-hybridized carbons (Fsp3) is 0.455. The first-order valence-electron chi connectivity index (χ1n) is 5.25. The molecular formula is C11H13FN2O2. The maximum absolute atomic E-state index is 13.4. The number of halogens is 1. The topological polar surface area (TPSA) is 53.4 Å². The summed E-state index contributed by atoms with van der Waals surface area (Å²) >= 11 is 0. The average Bonchev–Trinajstić information content (AvgIpc) is 2.77. The van der Waals surface area contributed by atoms with Crippen LogP contribution >= 0.6 is 0 Å². The van der Waals surface area contributed by atoms with E-state index < -0.39 is 5.82 Å². The van der Waals surface area contributed by atoms with Gasteiger partial charge in [-0.3, -0.25) is 9.78 Å². The monoisotopic (exact) mass is 224 g/mol. The number of pyridine rings is 1. The standard InChI is InChI=1S/C11H13FN2O2/c12-10-6-13-4-3-9(10)11(16)14-5-1-2-8(14)7-15/h3-4,6,8,15H,1-2,5,7H2/t8-/m0/s1. The van der Waals surface area contributed by atoms with Crippen molar-refractivity contribution in [1.82, 2.24) is 9.88 Å². The number of carbonyl (C=O) groups excluding carboxylic acids is 1. The van der Waals surface area contributed by atoms with Gasteiger partial charge >= 0.3 is 0 Å². The van der Waals surface area contributed by atoms with Gasteiger partial charge in [0, 0.05) is 12.7 Å². The van der Waals surface area contributed by atoms with Gasteiger partial charge < -0.3 is 10.0 Å². The molecule has 0 aromatic carbocycles. The lowest BCUT2D eigenvalue weighted by Crippen LogP contribution is -2.38. The second kappa shape index (κ2) is 4.57. The minimum Gasteiger partial charge on any atom is -0.394 e. The molecule has 1 N–H and O–H groups in total. The number of likely N-dealkylation sites (tertiary alicyclic amines) is 1. The molecule has 5 heteroatoms. The lowest BCUT2D eigenvalue weighted by molar-refractivity contribution is 0.0672. The van der Waals surface area contributed by atoms with E-state index in [4.69, 9.17) is 5.11 Å². The van der Waals surface area contributed by atoms with Crippen LogP contribution in [0.5, 0.6) is 0 Å². The molecule has 0 saturated carbocycles. The molecule has 2 heterocycles. The number of carbonyl (C=O) groups is 1. The third-order valence-corrected chi connectivity index (χ3v) is 2.85. The molecule has 4 nitrogen and oxygen atoms in total. The number of hydrogen-bond donors (Lipinski definition) is 1. The molecule has 0 spiro atoms. The van der Waals surface area contributed by atoms with Crippen LogP contribution in [-0.2, 0) is 0 Å². The number of aromatic nitrogens is 1. The number of hydrogen-bond acceptors (Lipinski definition) is 3. The van der Waals surface area contributed by atoms with Gasteiger partial charge in [0.05, 0.1) is 24.4 Å². The van der Waals surface area contributed by atoms with Crippen molar-refractivity contribution < 1.29 is 14.3 Å². The highest BCUT2D eigenvalue weighted by Gasteiger charge is 2.29. The summed E-state index contributed by atoms with van der Waals surface area (Å²) in [6.07, 6.45) is 4.04. The van der Waals surface area contributed by atoms with Gasteiger partial charge in [0.25, 0.3) is 5.91 Å². The van der Waals surface area contributed by atoms with Gasteiger partial charge in [0.2, 0.25) is 0 Å². The van der Waals surface area contributed by atoms with Gasteiger partial charge in [-0.25, -0.2) is 4.39 Å². The minimum absolute atomic E-state index is 0.0235. The summed E-state index contributed by atoms with van der Waals surface area (Å²) in [7, 11) is 0. The Labute approximate surface area is 92.7 Å². The summed E-state index contributed by atoms with van der Waals surface area (Å²) in [4.78, 5) is 17.1. The van der Waals surface area contributed by atoms with E-state index in [9.17, 15) is 9.18 Å². The smallest absolute Gasteiger partial charge is 0.257 e. The first kappa shape index (κ1) is 11.0. The minimum atomic E-state index is -0.615. The number of rotatable bonds is 2. The van der Waals surface area contributed by atoms with E-state index >= 15 is 0 Å². The van der Waals surface area contributed by atoms with Gasteiger partial charge in [-0.05, 0) is 18.9 Å². The molecule has 1 atom stereocenters. The molecule has 1 aromatic rings. The van der Waals surface area contributed by atoms with Crippen LogP contribution in [0.4, 0.5) is 4.39 Å².